The van der Waals surface area contributed by atoms with Crippen LogP contribution in [0.3, 0.4) is 0 Å². The summed E-state index contributed by atoms with van der Waals surface area (Å²) in [5.41, 5.74) is 6.32. The number of ether oxygens (including phenoxy) is 1. The van der Waals surface area contributed by atoms with Crippen LogP contribution >= 0.6 is 23.2 Å². The Morgan fingerprint density at radius 2 is 2.11 bits per heavy atom. The molecule has 2 rings (SSSR count). The van der Waals surface area contributed by atoms with Crippen LogP contribution < -0.4 is 5.73 Å². The van der Waals surface area contributed by atoms with Gasteiger partial charge in [-0.25, -0.2) is 4.79 Å². The van der Waals surface area contributed by atoms with Crippen LogP contribution in [-0.4, -0.2) is 28.0 Å². The number of benzene rings is 1. The predicted molar refractivity (Wildman–Crippen MR) is 71.2 cm³/mol. The number of anilines is 1. The van der Waals surface area contributed by atoms with E-state index in [1.165, 1.54) is 0 Å². The van der Waals surface area contributed by atoms with E-state index in [1.54, 1.807) is 12.1 Å². The Morgan fingerprint density at radius 3 is 2.74 bits per heavy atom. The van der Waals surface area contributed by atoms with Crippen molar-refractivity contribution < 1.29 is 9.53 Å². The highest BCUT2D eigenvalue weighted by Gasteiger charge is 2.15. The molecule has 0 aliphatic heterocycles. The number of esters is 1. The lowest BCUT2D eigenvalue weighted by Crippen LogP contribution is -2.10. The van der Waals surface area contributed by atoms with Crippen molar-refractivity contribution in [2.24, 2.45) is 0 Å². The van der Waals surface area contributed by atoms with Gasteiger partial charge in [0.05, 0.1) is 16.7 Å². The number of carbonyl (C=O) groups is 1. The number of halogens is 2. The van der Waals surface area contributed by atoms with E-state index in [2.05, 4.69) is 15.4 Å². The molecule has 0 fully saturated rings. The van der Waals surface area contributed by atoms with E-state index in [4.69, 9.17) is 33.7 Å². The number of rotatable bonds is 4. The van der Waals surface area contributed by atoms with Gasteiger partial charge in [0.25, 0.3) is 0 Å². The van der Waals surface area contributed by atoms with Crippen LogP contribution in [0, 0.1) is 0 Å². The average Bonchev–Trinajstić information content (AvgIpc) is 2.80. The number of nitrogens with zero attached hydrogens (tertiary/aromatic N) is 2. The van der Waals surface area contributed by atoms with E-state index >= 15 is 0 Å². The molecule has 1 aromatic heterocycles. The van der Waals surface area contributed by atoms with Gasteiger partial charge in [0.2, 0.25) is 5.69 Å². The predicted octanol–water partition coefficient (Wildman–Crippen LogP) is 2.09. The van der Waals surface area contributed by atoms with Crippen LogP contribution in [0.4, 0.5) is 5.82 Å². The van der Waals surface area contributed by atoms with E-state index in [0.717, 1.165) is 5.56 Å². The molecule has 0 aliphatic rings. The normalized spacial score (nSPS) is 10.4. The number of aromatic nitrogens is 3. The zero-order chi connectivity index (χ0) is 13.8. The number of aromatic amines is 1. The monoisotopic (exact) mass is 300 g/mol. The van der Waals surface area contributed by atoms with Crippen LogP contribution in [0.1, 0.15) is 16.1 Å². The van der Waals surface area contributed by atoms with Gasteiger partial charge < -0.3 is 10.5 Å². The second-order valence-corrected chi connectivity index (χ2v) is 4.51. The number of nitrogens with two attached hydrogens (primary N) is 1. The minimum absolute atomic E-state index is 0.0135. The lowest BCUT2D eigenvalue weighted by Gasteiger charge is -2.04. The van der Waals surface area contributed by atoms with E-state index in [0.29, 0.717) is 16.5 Å². The number of hydrogen-bond acceptors (Lipinski definition) is 5. The number of nitrogens with one attached hydrogen (secondary N) is 1. The van der Waals surface area contributed by atoms with E-state index < -0.39 is 5.97 Å². The molecule has 0 spiro atoms. The Balaban J connectivity index is 1.88. The number of nitrogen functional groups attached to an aromatic ring is 1. The fourth-order valence-electron chi connectivity index (χ4n) is 1.41. The van der Waals surface area contributed by atoms with Crippen molar-refractivity contribution in [2.45, 2.75) is 6.42 Å². The molecule has 0 aliphatic carbocycles. The Bertz CT molecular complexity index is 600. The molecule has 6 nitrogen and oxygen atoms in total. The molecule has 1 aromatic carbocycles. The quantitative estimate of drug-likeness (QED) is 0.843. The third kappa shape index (κ3) is 3.36. The second kappa shape index (κ2) is 5.90. The van der Waals surface area contributed by atoms with Gasteiger partial charge in [-0.15, -0.1) is 10.2 Å². The number of carbonyl (C=O) groups excluding carboxylic acids is 1. The molecule has 0 saturated heterocycles. The van der Waals surface area contributed by atoms with E-state index in [-0.39, 0.29) is 18.1 Å². The first-order chi connectivity index (χ1) is 9.08. The summed E-state index contributed by atoms with van der Waals surface area (Å²) in [7, 11) is 0. The van der Waals surface area contributed by atoms with Crippen molar-refractivity contribution >= 4 is 35.0 Å². The van der Waals surface area contributed by atoms with Gasteiger partial charge in [0, 0.05) is 6.42 Å². The highest BCUT2D eigenvalue weighted by atomic mass is 35.5. The van der Waals surface area contributed by atoms with Gasteiger partial charge >= 0.3 is 5.97 Å². The summed E-state index contributed by atoms with van der Waals surface area (Å²) >= 11 is 11.7. The fraction of sp³-hybridized carbons (Fsp3) is 0.182. The molecule has 0 amide bonds. The summed E-state index contributed by atoms with van der Waals surface area (Å²) in [5.74, 6) is -0.606. The third-order valence-corrected chi connectivity index (χ3v) is 3.12. The van der Waals surface area contributed by atoms with Gasteiger partial charge in [0.15, 0.2) is 5.82 Å². The third-order valence-electron chi connectivity index (χ3n) is 2.38. The Hall–Kier alpha value is -1.79. The SMILES string of the molecule is Nc1n[nH]nc1C(=O)OCCc1ccc(Cl)c(Cl)c1. The van der Waals surface area contributed by atoms with Crippen molar-refractivity contribution in [1.82, 2.24) is 15.4 Å². The second-order valence-electron chi connectivity index (χ2n) is 3.69. The van der Waals surface area contributed by atoms with E-state index in [1.807, 2.05) is 6.07 Å². The molecular weight excluding hydrogens is 291 g/mol. The smallest absolute Gasteiger partial charge is 0.362 e. The Kier molecular flexibility index (Phi) is 4.24. The van der Waals surface area contributed by atoms with Gasteiger partial charge in [-0.1, -0.05) is 29.3 Å². The Labute approximate surface area is 118 Å². The summed E-state index contributed by atoms with van der Waals surface area (Å²) in [6.07, 6.45) is 0.514. The first-order valence-corrected chi connectivity index (χ1v) is 6.11. The highest BCUT2D eigenvalue weighted by Crippen LogP contribution is 2.22. The molecule has 100 valence electrons. The van der Waals surface area contributed by atoms with Crippen LogP contribution in [0.25, 0.3) is 0 Å². The maximum absolute atomic E-state index is 11.6. The lowest BCUT2D eigenvalue weighted by molar-refractivity contribution is 0.0503. The maximum Gasteiger partial charge on any atom is 0.362 e. The zero-order valence-corrected chi connectivity index (χ0v) is 11.2. The van der Waals surface area contributed by atoms with Crippen molar-refractivity contribution in [3.63, 3.8) is 0 Å². The summed E-state index contributed by atoms with van der Waals surface area (Å²) in [4.78, 5) is 11.6. The summed E-state index contributed by atoms with van der Waals surface area (Å²) in [6, 6.07) is 5.23. The molecule has 2 aromatic rings. The van der Waals surface area contributed by atoms with Crippen LogP contribution in [0.2, 0.25) is 10.0 Å². The van der Waals surface area contributed by atoms with Crippen molar-refractivity contribution in [3.05, 3.63) is 39.5 Å². The number of H-pyrrole nitrogens is 1. The molecular formula is C11H10Cl2N4O2. The van der Waals surface area contributed by atoms with Crippen LogP contribution in [0.5, 0.6) is 0 Å². The first kappa shape index (κ1) is 13.6. The minimum Gasteiger partial charge on any atom is -0.460 e. The van der Waals surface area contributed by atoms with Gasteiger partial charge in [-0.2, -0.15) is 5.21 Å². The first-order valence-electron chi connectivity index (χ1n) is 5.35. The standard InChI is InChI=1S/C11H10Cl2N4O2/c12-7-2-1-6(5-8(7)13)3-4-19-11(18)9-10(14)16-17-15-9/h1-2,5H,3-4H2,(H3,14,15,16,17). The highest BCUT2D eigenvalue weighted by molar-refractivity contribution is 6.42. The molecule has 0 saturated carbocycles. The molecule has 0 bridgehead atoms. The van der Waals surface area contributed by atoms with Crippen molar-refractivity contribution in [3.8, 4) is 0 Å². The molecule has 8 heteroatoms. The summed E-state index contributed by atoms with van der Waals surface area (Å²) < 4.78 is 5.02. The largest absolute Gasteiger partial charge is 0.460 e. The molecule has 0 unspecified atom stereocenters. The minimum atomic E-state index is -0.619. The zero-order valence-electron chi connectivity index (χ0n) is 9.69. The lowest BCUT2D eigenvalue weighted by atomic mass is 10.2. The van der Waals surface area contributed by atoms with Crippen LogP contribution in [-0.2, 0) is 11.2 Å². The van der Waals surface area contributed by atoms with Crippen molar-refractivity contribution in [1.29, 1.82) is 0 Å². The molecule has 0 atom stereocenters. The number of hydrogen-bond donors (Lipinski definition) is 2. The molecule has 19 heavy (non-hydrogen) atoms. The summed E-state index contributed by atoms with van der Waals surface area (Å²) in [5, 5.41) is 10.3. The van der Waals surface area contributed by atoms with E-state index in [9.17, 15) is 4.79 Å². The fourth-order valence-corrected chi connectivity index (χ4v) is 1.74. The Morgan fingerprint density at radius 1 is 1.32 bits per heavy atom. The summed E-state index contributed by atoms with van der Waals surface area (Å²) in [6.45, 7) is 0.184. The average molecular weight is 301 g/mol. The maximum atomic E-state index is 11.6. The van der Waals surface area contributed by atoms with Gasteiger partial charge in [-0.3, -0.25) is 0 Å². The topological polar surface area (TPSA) is 93.9 Å². The molecule has 1 heterocycles. The van der Waals surface area contributed by atoms with Crippen molar-refractivity contribution in [2.75, 3.05) is 12.3 Å². The molecule has 3 N–H and O–H groups in total. The van der Waals surface area contributed by atoms with Gasteiger partial charge in [0.1, 0.15) is 0 Å². The van der Waals surface area contributed by atoms with Crippen LogP contribution in [0.15, 0.2) is 18.2 Å². The van der Waals surface area contributed by atoms with Gasteiger partial charge in [-0.05, 0) is 17.7 Å². The molecule has 0 radical (unpaired) electrons.